The fourth-order valence-electron chi connectivity index (χ4n) is 2.09. The Balaban J connectivity index is 1.66. The van der Waals surface area contributed by atoms with Crippen LogP contribution >= 0.6 is 0 Å². The molecule has 2 N–H and O–H groups in total. The summed E-state index contributed by atoms with van der Waals surface area (Å²) in [6.45, 7) is 2.78. The third-order valence-electron chi connectivity index (χ3n) is 3.53. The van der Waals surface area contributed by atoms with Crippen LogP contribution < -0.4 is 20.1 Å². The van der Waals surface area contributed by atoms with Gasteiger partial charge in [-0.1, -0.05) is 25.2 Å². The molecule has 148 valence electrons. The number of hydrogen-bond donors (Lipinski definition) is 2. The summed E-state index contributed by atoms with van der Waals surface area (Å²) in [4.78, 5) is 11.8. The van der Waals surface area contributed by atoms with Crippen molar-refractivity contribution in [3.8, 4) is 23.3 Å². The van der Waals surface area contributed by atoms with Crippen molar-refractivity contribution in [3.05, 3.63) is 54.1 Å². The highest BCUT2D eigenvalue weighted by molar-refractivity contribution is 5.89. The lowest BCUT2D eigenvalue weighted by Crippen LogP contribution is -2.28. The molecular formula is C21H22F2N2O3. The van der Waals surface area contributed by atoms with Crippen LogP contribution in [0.25, 0.3) is 0 Å². The number of anilines is 1. The molecule has 0 aliphatic heterocycles. The Morgan fingerprint density at radius 2 is 1.86 bits per heavy atom. The van der Waals surface area contributed by atoms with E-state index >= 15 is 0 Å². The van der Waals surface area contributed by atoms with Gasteiger partial charge < -0.3 is 20.1 Å². The van der Waals surface area contributed by atoms with Gasteiger partial charge in [0.1, 0.15) is 18.2 Å². The normalized spacial score (nSPS) is 9.82. The molecule has 0 spiro atoms. The van der Waals surface area contributed by atoms with Gasteiger partial charge in [0.05, 0.1) is 13.2 Å². The Kier molecular flexibility index (Phi) is 8.60. The van der Waals surface area contributed by atoms with Crippen LogP contribution in [-0.4, -0.2) is 25.8 Å². The minimum atomic E-state index is -0.791. The Morgan fingerprint density at radius 3 is 2.57 bits per heavy atom. The summed E-state index contributed by atoms with van der Waals surface area (Å²) in [7, 11) is 0. The number of carbonyl (C=O) groups is 1. The van der Waals surface area contributed by atoms with Gasteiger partial charge in [-0.25, -0.2) is 13.6 Å². The van der Waals surface area contributed by atoms with Crippen molar-refractivity contribution in [3.63, 3.8) is 0 Å². The van der Waals surface area contributed by atoms with E-state index < -0.39 is 17.7 Å². The van der Waals surface area contributed by atoms with Crippen molar-refractivity contribution in [1.82, 2.24) is 5.32 Å². The van der Waals surface area contributed by atoms with Gasteiger partial charge >= 0.3 is 6.03 Å². The summed E-state index contributed by atoms with van der Waals surface area (Å²) in [5, 5.41) is 5.25. The summed E-state index contributed by atoms with van der Waals surface area (Å²) >= 11 is 0. The smallest absolute Gasteiger partial charge is 0.319 e. The van der Waals surface area contributed by atoms with Gasteiger partial charge in [-0.3, -0.25) is 0 Å². The summed E-state index contributed by atoms with van der Waals surface area (Å²) in [5.74, 6) is 4.52. The van der Waals surface area contributed by atoms with Gasteiger partial charge in [-0.2, -0.15) is 0 Å². The van der Waals surface area contributed by atoms with Crippen molar-refractivity contribution in [2.45, 2.75) is 19.8 Å². The van der Waals surface area contributed by atoms with E-state index in [9.17, 15) is 13.6 Å². The van der Waals surface area contributed by atoms with Crippen LogP contribution in [0.2, 0.25) is 0 Å². The molecular weight excluding hydrogens is 366 g/mol. The summed E-state index contributed by atoms with van der Waals surface area (Å²) in [6.07, 6.45) is 2.06. The SMILES string of the molecule is CCCCOc1ccc(NC(=O)NCC#CCOc2ccc(F)cc2F)cc1. The third-order valence-corrected chi connectivity index (χ3v) is 3.53. The number of hydrogen-bond acceptors (Lipinski definition) is 3. The highest BCUT2D eigenvalue weighted by atomic mass is 19.1. The zero-order chi connectivity index (χ0) is 20.2. The van der Waals surface area contributed by atoms with Crippen molar-refractivity contribution < 1.29 is 23.0 Å². The fourth-order valence-corrected chi connectivity index (χ4v) is 2.09. The van der Waals surface area contributed by atoms with E-state index in [0.29, 0.717) is 12.3 Å². The highest BCUT2D eigenvalue weighted by Gasteiger charge is 2.03. The van der Waals surface area contributed by atoms with Gasteiger partial charge in [0.15, 0.2) is 11.6 Å². The van der Waals surface area contributed by atoms with Crippen molar-refractivity contribution >= 4 is 11.7 Å². The van der Waals surface area contributed by atoms with E-state index in [0.717, 1.165) is 30.7 Å². The van der Waals surface area contributed by atoms with Gasteiger partial charge in [-0.05, 0) is 42.8 Å². The molecule has 0 aliphatic rings. The average molecular weight is 388 g/mol. The average Bonchev–Trinajstić information content (AvgIpc) is 2.67. The molecule has 0 heterocycles. The predicted molar refractivity (Wildman–Crippen MR) is 103 cm³/mol. The number of ether oxygens (including phenoxy) is 2. The van der Waals surface area contributed by atoms with Gasteiger partial charge in [0.25, 0.3) is 0 Å². The number of urea groups is 1. The molecule has 0 saturated carbocycles. The maximum absolute atomic E-state index is 13.4. The van der Waals surface area contributed by atoms with Crippen LogP contribution in [0.5, 0.6) is 11.5 Å². The monoisotopic (exact) mass is 388 g/mol. The predicted octanol–water partition coefficient (Wildman–Crippen LogP) is 4.35. The molecule has 0 unspecified atom stereocenters. The molecule has 7 heteroatoms. The summed E-state index contributed by atoms with van der Waals surface area (Å²) in [6, 6.07) is 9.70. The molecule has 0 bridgehead atoms. The quantitative estimate of drug-likeness (QED) is 0.522. The van der Waals surface area contributed by atoms with E-state index in [2.05, 4.69) is 29.4 Å². The number of unbranched alkanes of at least 4 members (excludes halogenated alkanes) is 1. The number of rotatable bonds is 8. The first-order chi connectivity index (χ1) is 13.6. The topological polar surface area (TPSA) is 59.6 Å². The molecule has 0 fully saturated rings. The van der Waals surface area contributed by atoms with E-state index in [4.69, 9.17) is 9.47 Å². The summed E-state index contributed by atoms with van der Waals surface area (Å²) < 4.78 is 36.8. The molecule has 0 saturated heterocycles. The molecule has 2 amide bonds. The number of benzene rings is 2. The zero-order valence-corrected chi connectivity index (χ0v) is 15.6. The Bertz CT molecular complexity index is 830. The Hall–Kier alpha value is -3.27. The van der Waals surface area contributed by atoms with Crippen LogP contribution in [-0.2, 0) is 0 Å². The Morgan fingerprint density at radius 1 is 1.07 bits per heavy atom. The fraction of sp³-hybridized carbons (Fsp3) is 0.286. The number of halogens is 2. The van der Waals surface area contributed by atoms with Crippen molar-refractivity contribution in [2.24, 2.45) is 0 Å². The third kappa shape index (κ3) is 7.54. The van der Waals surface area contributed by atoms with E-state index in [1.165, 1.54) is 6.07 Å². The molecule has 2 rings (SSSR count). The number of amides is 2. The summed E-state index contributed by atoms with van der Waals surface area (Å²) in [5.41, 5.74) is 0.628. The molecule has 0 radical (unpaired) electrons. The molecule has 5 nitrogen and oxygen atoms in total. The Labute approximate surface area is 163 Å². The second kappa shape index (κ2) is 11.4. The molecule has 0 aliphatic carbocycles. The second-order valence-electron chi connectivity index (χ2n) is 5.75. The van der Waals surface area contributed by atoms with Crippen LogP contribution in [0.3, 0.4) is 0 Å². The van der Waals surface area contributed by atoms with Crippen LogP contribution in [0.15, 0.2) is 42.5 Å². The van der Waals surface area contributed by atoms with Crippen LogP contribution in [0.1, 0.15) is 19.8 Å². The molecule has 28 heavy (non-hydrogen) atoms. The first-order valence-corrected chi connectivity index (χ1v) is 8.89. The molecule has 0 aromatic heterocycles. The van der Waals surface area contributed by atoms with Crippen LogP contribution in [0.4, 0.5) is 19.3 Å². The van der Waals surface area contributed by atoms with Gasteiger partial charge in [0.2, 0.25) is 0 Å². The second-order valence-corrected chi connectivity index (χ2v) is 5.75. The van der Waals surface area contributed by atoms with Crippen molar-refractivity contribution in [2.75, 3.05) is 25.1 Å². The van der Waals surface area contributed by atoms with Gasteiger partial charge in [0, 0.05) is 11.8 Å². The van der Waals surface area contributed by atoms with Gasteiger partial charge in [-0.15, -0.1) is 0 Å². The first kappa shape index (κ1) is 21.0. The highest BCUT2D eigenvalue weighted by Crippen LogP contribution is 2.17. The molecule has 2 aromatic rings. The van der Waals surface area contributed by atoms with E-state index in [1.54, 1.807) is 24.3 Å². The zero-order valence-electron chi connectivity index (χ0n) is 15.6. The lowest BCUT2D eigenvalue weighted by atomic mass is 10.3. The van der Waals surface area contributed by atoms with E-state index in [-0.39, 0.29) is 18.9 Å². The number of nitrogens with one attached hydrogen (secondary N) is 2. The minimum Gasteiger partial charge on any atom is -0.494 e. The lowest BCUT2D eigenvalue weighted by molar-refractivity contribution is 0.253. The standard InChI is InChI=1S/C21H22F2N2O3/c1-2-3-13-27-18-9-7-17(8-10-18)25-21(26)24-12-4-5-14-28-20-11-6-16(22)15-19(20)23/h6-11,15H,2-3,12-14H2,1H3,(H2,24,25,26). The molecule has 2 aromatic carbocycles. The maximum Gasteiger partial charge on any atom is 0.319 e. The van der Waals surface area contributed by atoms with E-state index in [1.807, 2.05) is 0 Å². The lowest BCUT2D eigenvalue weighted by Gasteiger charge is -2.08. The molecule has 0 atom stereocenters. The largest absolute Gasteiger partial charge is 0.494 e. The maximum atomic E-state index is 13.4. The first-order valence-electron chi connectivity index (χ1n) is 8.89. The van der Waals surface area contributed by atoms with Crippen LogP contribution in [0, 0.1) is 23.5 Å². The number of carbonyl (C=O) groups excluding carboxylic acids is 1. The minimum absolute atomic E-state index is 0.0780. The van der Waals surface area contributed by atoms with Crippen molar-refractivity contribution in [1.29, 1.82) is 0 Å².